The zero-order chi connectivity index (χ0) is 15.6. The van der Waals surface area contributed by atoms with Crippen molar-refractivity contribution in [2.24, 2.45) is 7.05 Å². The summed E-state index contributed by atoms with van der Waals surface area (Å²) < 4.78 is 1.86. The monoisotopic (exact) mass is 324 g/mol. The van der Waals surface area contributed by atoms with E-state index in [0.717, 1.165) is 27.6 Å². The molecule has 23 heavy (non-hydrogen) atoms. The summed E-state index contributed by atoms with van der Waals surface area (Å²) in [7, 11) is 1.90. The number of anilines is 1. The Morgan fingerprint density at radius 1 is 1.13 bits per heavy atom. The van der Waals surface area contributed by atoms with Gasteiger partial charge in [-0.15, -0.1) is 11.3 Å². The first-order valence-corrected chi connectivity index (χ1v) is 7.76. The van der Waals surface area contributed by atoms with E-state index in [4.69, 9.17) is 0 Å². The largest absolute Gasteiger partial charge is 0.348 e. The average molecular weight is 324 g/mol. The van der Waals surface area contributed by atoms with E-state index in [1.54, 1.807) is 31.1 Å². The van der Waals surface area contributed by atoms with E-state index in [9.17, 15) is 0 Å². The molecule has 0 aliphatic heterocycles. The maximum atomic E-state index is 4.55. The molecule has 0 saturated heterocycles. The molecule has 0 unspecified atom stereocenters. The van der Waals surface area contributed by atoms with Gasteiger partial charge in [-0.3, -0.25) is 9.97 Å². The first kappa shape index (κ1) is 13.7. The zero-order valence-corrected chi connectivity index (χ0v) is 13.0. The van der Waals surface area contributed by atoms with E-state index in [1.165, 1.54) is 11.3 Å². The Morgan fingerprint density at radius 3 is 2.96 bits per heavy atom. The summed E-state index contributed by atoms with van der Waals surface area (Å²) in [5.41, 5.74) is 3.25. The number of hydrogen-bond acceptors (Lipinski definition) is 8. The van der Waals surface area contributed by atoms with Crippen LogP contribution in [0.1, 0.15) is 5.69 Å². The summed E-state index contributed by atoms with van der Waals surface area (Å²) in [5.74, 6) is 0.551. The lowest BCUT2D eigenvalue weighted by Crippen LogP contribution is -2.04. The van der Waals surface area contributed by atoms with Crippen molar-refractivity contribution in [2.45, 2.75) is 6.54 Å². The number of rotatable bonds is 4. The highest BCUT2D eigenvalue weighted by molar-refractivity contribution is 7.13. The topological polar surface area (TPSA) is 94.3 Å². The van der Waals surface area contributed by atoms with E-state index in [2.05, 4.69) is 35.2 Å². The molecule has 0 aliphatic rings. The van der Waals surface area contributed by atoms with Gasteiger partial charge in [0.15, 0.2) is 5.65 Å². The Kier molecular flexibility index (Phi) is 3.39. The van der Waals surface area contributed by atoms with Crippen molar-refractivity contribution < 1.29 is 0 Å². The highest BCUT2D eigenvalue weighted by Crippen LogP contribution is 2.21. The minimum absolute atomic E-state index is 0.542. The van der Waals surface area contributed by atoms with Gasteiger partial charge in [-0.05, 0) is 0 Å². The van der Waals surface area contributed by atoms with Crippen molar-refractivity contribution in [2.75, 3.05) is 5.32 Å². The molecule has 0 radical (unpaired) electrons. The fraction of sp³-hybridized carbons (Fsp3) is 0.143. The minimum Gasteiger partial charge on any atom is -0.348 e. The molecule has 4 aromatic rings. The summed E-state index contributed by atoms with van der Waals surface area (Å²) >= 11 is 1.54. The molecule has 0 fully saturated rings. The van der Waals surface area contributed by atoms with Gasteiger partial charge in [0.1, 0.15) is 16.2 Å². The maximum absolute atomic E-state index is 4.55. The molecule has 0 saturated carbocycles. The molecule has 0 bridgehead atoms. The molecule has 1 N–H and O–H groups in total. The zero-order valence-electron chi connectivity index (χ0n) is 12.2. The molecule has 4 aromatic heterocycles. The molecular weight excluding hydrogens is 312 g/mol. The van der Waals surface area contributed by atoms with Gasteiger partial charge in [-0.25, -0.2) is 15.0 Å². The smallest absolute Gasteiger partial charge is 0.225 e. The van der Waals surface area contributed by atoms with Gasteiger partial charge in [-0.2, -0.15) is 4.98 Å². The molecule has 114 valence electrons. The molecule has 0 aromatic carbocycles. The van der Waals surface area contributed by atoms with Crippen molar-refractivity contribution >= 4 is 28.4 Å². The summed E-state index contributed by atoms with van der Waals surface area (Å²) in [6, 6.07) is 0. The van der Waals surface area contributed by atoms with Crippen LogP contribution in [0.5, 0.6) is 0 Å². The summed E-state index contributed by atoms with van der Waals surface area (Å²) in [5, 5.41) is 6.01. The lowest BCUT2D eigenvalue weighted by molar-refractivity contribution is 0.925. The SMILES string of the molecule is Cn1cnc2cnc(NCc3csc(-c4cnccn4)n3)nc21. The second kappa shape index (κ2) is 5.69. The van der Waals surface area contributed by atoms with Crippen LogP contribution in [0.25, 0.3) is 21.9 Å². The van der Waals surface area contributed by atoms with E-state index in [0.29, 0.717) is 12.5 Å². The van der Waals surface area contributed by atoms with Crippen LogP contribution in [0.2, 0.25) is 0 Å². The number of imidazole rings is 1. The summed E-state index contributed by atoms with van der Waals surface area (Å²) in [6.45, 7) is 0.542. The number of aromatic nitrogens is 7. The van der Waals surface area contributed by atoms with Crippen molar-refractivity contribution in [3.8, 4) is 10.7 Å². The first-order valence-electron chi connectivity index (χ1n) is 6.88. The molecule has 4 heterocycles. The van der Waals surface area contributed by atoms with Crippen LogP contribution < -0.4 is 5.32 Å². The Balaban J connectivity index is 1.50. The third kappa shape index (κ3) is 2.73. The molecule has 4 rings (SSSR count). The van der Waals surface area contributed by atoms with Gasteiger partial charge in [0.25, 0.3) is 0 Å². The predicted octanol–water partition coefficient (Wildman–Crippen LogP) is 1.89. The van der Waals surface area contributed by atoms with Crippen LogP contribution in [0.4, 0.5) is 5.95 Å². The van der Waals surface area contributed by atoms with E-state index < -0.39 is 0 Å². The first-order chi connectivity index (χ1) is 11.3. The number of fused-ring (bicyclic) bond motifs is 1. The van der Waals surface area contributed by atoms with Crippen LogP contribution in [0.15, 0.2) is 36.5 Å². The predicted molar refractivity (Wildman–Crippen MR) is 86.8 cm³/mol. The molecule has 0 amide bonds. The van der Waals surface area contributed by atoms with E-state index >= 15 is 0 Å². The molecular formula is C14H12N8S. The summed E-state index contributed by atoms with van der Waals surface area (Å²) in [6.07, 6.45) is 8.43. The van der Waals surface area contributed by atoms with Crippen molar-refractivity contribution in [1.82, 2.24) is 34.5 Å². The molecule has 0 atom stereocenters. The highest BCUT2D eigenvalue weighted by Gasteiger charge is 2.08. The van der Waals surface area contributed by atoms with Gasteiger partial charge in [0, 0.05) is 24.8 Å². The lowest BCUT2D eigenvalue weighted by atomic mass is 10.4. The molecule has 0 spiro atoms. The van der Waals surface area contributed by atoms with Crippen molar-refractivity contribution in [3.63, 3.8) is 0 Å². The van der Waals surface area contributed by atoms with Crippen LogP contribution in [0.3, 0.4) is 0 Å². The average Bonchev–Trinajstić information content (AvgIpc) is 3.21. The Bertz CT molecular complexity index is 946. The number of thiazole rings is 1. The van der Waals surface area contributed by atoms with Gasteiger partial charge < -0.3 is 9.88 Å². The van der Waals surface area contributed by atoms with Crippen LogP contribution >= 0.6 is 11.3 Å². The number of hydrogen-bond donors (Lipinski definition) is 1. The number of aryl methyl sites for hydroxylation is 1. The van der Waals surface area contributed by atoms with Gasteiger partial charge >= 0.3 is 0 Å². The molecule has 0 aliphatic carbocycles. The number of nitrogens with zero attached hydrogens (tertiary/aromatic N) is 7. The second-order valence-electron chi connectivity index (χ2n) is 4.85. The quantitative estimate of drug-likeness (QED) is 0.612. The van der Waals surface area contributed by atoms with Gasteiger partial charge in [0.2, 0.25) is 5.95 Å². The lowest BCUT2D eigenvalue weighted by Gasteiger charge is -2.02. The Morgan fingerprint density at radius 2 is 2.09 bits per heavy atom. The van der Waals surface area contributed by atoms with E-state index in [1.807, 2.05) is 17.0 Å². The highest BCUT2D eigenvalue weighted by atomic mass is 32.1. The second-order valence-corrected chi connectivity index (χ2v) is 5.70. The van der Waals surface area contributed by atoms with Crippen LogP contribution in [0, 0.1) is 0 Å². The summed E-state index contributed by atoms with van der Waals surface area (Å²) in [4.78, 5) is 25.8. The standard InChI is InChI=1S/C14H12N8S/c1-22-8-19-10-6-18-14(21-12(10)22)17-4-9-7-23-13(20-9)11-5-15-2-3-16-11/h2-3,5-8H,4H2,1H3,(H,17,18,21). The van der Waals surface area contributed by atoms with Crippen molar-refractivity contribution in [3.05, 3.63) is 42.2 Å². The molecule has 8 nitrogen and oxygen atoms in total. The normalized spacial score (nSPS) is 11.0. The van der Waals surface area contributed by atoms with E-state index in [-0.39, 0.29) is 0 Å². The Hall–Kier alpha value is -2.94. The van der Waals surface area contributed by atoms with Gasteiger partial charge in [-0.1, -0.05) is 0 Å². The maximum Gasteiger partial charge on any atom is 0.225 e. The fourth-order valence-corrected chi connectivity index (χ4v) is 2.87. The fourth-order valence-electron chi connectivity index (χ4n) is 2.09. The van der Waals surface area contributed by atoms with Crippen LogP contribution in [-0.4, -0.2) is 34.5 Å². The minimum atomic E-state index is 0.542. The molecule has 9 heteroatoms. The van der Waals surface area contributed by atoms with Gasteiger partial charge in [0.05, 0.1) is 31.0 Å². The number of nitrogens with one attached hydrogen (secondary N) is 1. The van der Waals surface area contributed by atoms with Crippen molar-refractivity contribution in [1.29, 1.82) is 0 Å². The van der Waals surface area contributed by atoms with Crippen LogP contribution in [-0.2, 0) is 13.6 Å². The third-order valence-corrected chi connectivity index (χ3v) is 4.13. The Labute approximate surface area is 135 Å². The third-order valence-electron chi connectivity index (χ3n) is 3.22.